The molecule has 0 N–H and O–H groups in total. The van der Waals surface area contributed by atoms with Crippen LogP contribution < -0.4 is 9.64 Å². The van der Waals surface area contributed by atoms with E-state index in [4.69, 9.17) is 4.74 Å². The molecule has 2 aromatic rings. The minimum Gasteiger partial charge on any atom is -0.463 e. The second-order valence-electron chi connectivity index (χ2n) is 4.83. The van der Waals surface area contributed by atoms with Gasteiger partial charge in [0, 0.05) is 5.69 Å². The van der Waals surface area contributed by atoms with Gasteiger partial charge >= 0.3 is 0 Å². The maximum atomic E-state index is 12.8. The second-order valence-corrected chi connectivity index (χ2v) is 4.83. The Labute approximate surface area is 118 Å². The number of amides is 1. The number of para-hydroxylation sites is 2. The molecule has 1 amide bonds. The third kappa shape index (κ3) is 1.79. The van der Waals surface area contributed by atoms with Crippen LogP contribution in [0, 0.1) is 0 Å². The van der Waals surface area contributed by atoms with E-state index in [1.807, 2.05) is 49.4 Å². The molecule has 3 nitrogen and oxygen atoms in total. The molecule has 3 heteroatoms. The van der Waals surface area contributed by atoms with E-state index in [9.17, 15) is 4.79 Å². The highest BCUT2D eigenvalue weighted by atomic mass is 16.5. The zero-order valence-corrected chi connectivity index (χ0v) is 11.2. The summed E-state index contributed by atoms with van der Waals surface area (Å²) < 4.78 is 5.99. The summed E-state index contributed by atoms with van der Waals surface area (Å²) >= 11 is 0. The molecule has 0 saturated heterocycles. The van der Waals surface area contributed by atoms with Crippen molar-refractivity contribution in [3.8, 4) is 5.75 Å². The first-order chi connectivity index (χ1) is 9.65. The van der Waals surface area contributed by atoms with Crippen molar-refractivity contribution in [3.63, 3.8) is 0 Å². The number of hydrogen-bond donors (Lipinski definition) is 0. The Kier molecular flexibility index (Phi) is 2.83. The lowest BCUT2D eigenvalue weighted by Gasteiger charge is -2.43. The molecule has 100 valence electrons. The van der Waals surface area contributed by atoms with E-state index in [0.717, 1.165) is 5.69 Å². The van der Waals surface area contributed by atoms with Gasteiger partial charge in [-0.25, -0.2) is 0 Å². The Bertz CT molecular complexity index is 666. The van der Waals surface area contributed by atoms with E-state index in [2.05, 4.69) is 6.58 Å². The van der Waals surface area contributed by atoms with Crippen molar-refractivity contribution in [2.75, 3.05) is 4.90 Å². The van der Waals surface area contributed by atoms with Crippen LogP contribution in [0.25, 0.3) is 0 Å². The molecule has 0 radical (unpaired) electrons. The molecular formula is C17H15NO2. The molecule has 0 saturated carbocycles. The minimum absolute atomic E-state index is 0.0829. The van der Waals surface area contributed by atoms with Gasteiger partial charge in [-0.1, -0.05) is 36.9 Å². The molecule has 1 aliphatic heterocycles. The van der Waals surface area contributed by atoms with Crippen LogP contribution in [-0.2, 0) is 0 Å². The second kappa shape index (κ2) is 4.53. The highest BCUT2D eigenvalue weighted by Gasteiger charge is 2.42. The number of hydrogen-bond acceptors (Lipinski definition) is 2. The number of nitrogens with zero attached hydrogens (tertiary/aromatic N) is 1. The summed E-state index contributed by atoms with van der Waals surface area (Å²) in [5.41, 5.74) is 0.456. The van der Waals surface area contributed by atoms with Gasteiger partial charge in [-0.3, -0.25) is 9.69 Å². The van der Waals surface area contributed by atoms with Crippen molar-refractivity contribution < 1.29 is 9.53 Å². The molecule has 0 aromatic heterocycles. The lowest BCUT2D eigenvalue weighted by molar-refractivity contribution is 0.0741. The first-order valence-electron chi connectivity index (χ1n) is 6.47. The summed E-state index contributed by atoms with van der Waals surface area (Å²) in [6, 6.07) is 16.7. The normalized spacial score (nSPS) is 21.1. The lowest BCUT2D eigenvalue weighted by atomic mass is 10.0. The van der Waals surface area contributed by atoms with Crippen LogP contribution in [0.4, 0.5) is 5.69 Å². The Hall–Kier alpha value is -2.55. The number of rotatable bonds is 2. The fraction of sp³-hybridized carbons (Fsp3) is 0.118. The maximum Gasteiger partial charge on any atom is 0.265 e. The van der Waals surface area contributed by atoms with Gasteiger partial charge in [-0.2, -0.15) is 0 Å². The fourth-order valence-corrected chi connectivity index (χ4v) is 2.41. The fourth-order valence-electron chi connectivity index (χ4n) is 2.41. The highest BCUT2D eigenvalue weighted by Crippen LogP contribution is 2.37. The summed E-state index contributed by atoms with van der Waals surface area (Å²) in [7, 11) is 0. The third-order valence-corrected chi connectivity index (χ3v) is 3.47. The highest BCUT2D eigenvalue weighted by molar-refractivity contribution is 6.10. The molecule has 0 bridgehead atoms. The molecular weight excluding hydrogens is 250 g/mol. The van der Waals surface area contributed by atoms with Gasteiger partial charge in [-0.15, -0.1) is 0 Å². The van der Waals surface area contributed by atoms with Gasteiger partial charge in [0.25, 0.3) is 5.91 Å². The van der Waals surface area contributed by atoms with Crippen LogP contribution in [-0.4, -0.2) is 11.6 Å². The molecule has 2 aromatic carbocycles. The molecule has 0 fully saturated rings. The smallest absolute Gasteiger partial charge is 0.265 e. The van der Waals surface area contributed by atoms with Gasteiger partial charge < -0.3 is 4.74 Å². The number of carbonyl (C=O) groups excluding carboxylic acids is 1. The zero-order chi connectivity index (χ0) is 14.2. The van der Waals surface area contributed by atoms with Crippen LogP contribution in [0.5, 0.6) is 5.75 Å². The van der Waals surface area contributed by atoms with Gasteiger partial charge in [0.15, 0.2) is 0 Å². The van der Waals surface area contributed by atoms with E-state index in [1.165, 1.54) is 0 Å². The first-order valence-corrected chi connectivity index (χ1v) is 6.47. The summed E-state index contributed by atoms with van der Waals surface area (Å²) in [5, 5.41) is 0. The van der Waals surface area contributed by atoms with Crippen molar-refractivity contribution in [1.29, 1.82) is 0 Å². The summed E-state index contributed by atoms with van der Waals surface area (Å²) in [6.07, 6.45) is 1.65. The number of ether oxygens (including phenoxy) is 1. The molecule has 3 rings (SSSR count). The van der Waals surface area contributed by atoms with Crippen molar-refractivity contribution in [1.82, 2.24) is 0 Å². The van der Waals surface area contributed by atoms with Crippen LogP contribution >= 0.6 is 0 Å². The minimum atomic E-state index is -0.896. The number of carbonyl (C=O) groups is 1. The van der Waals surface area contributed by atoms with E-state index < -0.39 is 5.72 Å². The molecule has 0 spiro atoms. The molecule has 1 unspecified atom stereocenters. The third-order valence-electron chi connectivity index (χ3n) is 3.47. The number of anilines is 1. The molecule has 0 aliphatic carbocycles. The molecule has 1 atom stereocenters. The van der Waals surface area contributed by atoms with Crippen molar-refractivity contribution in [3.05, 3.63) is 72.8 Å². The van der Waals surface area contributed by atoms with E-state index in [1.54, 1.807) is 23.1 Å². The average Bonchev–Trinajstić information content (AvgIpc) is 2.48. The average molecular weight is 265 g/mol. The largest absolute Gasteiger partial charge is 0.463 e. The van der Waals surface area contributed by atoms with Crippen LogP contribution in [0.3, 0.4) is 0 Å². The Morgan fingerprint density at radius 3 is 2.45 bits per heavy atom. The van der Waals surface area contributed by atoms with E-state index in [0.29, 0.717) is 11.3 Å². The van der Waals surface area contributed by atoms with Crippen LogP contribution in [0.15, 0.2) is 67.3 Å². The van der Waals surface area contributed by atoms with Crippen LogP contribution in [0.2, 0.25) is 0 Å². The Morgan fingerprint density at radius 1 is 1.10 bits per heavy atom. The van der Waals surface area contributed by atoms with Crippen molar-refractivity contribution in [2.24, 2.45) is 0 Å². The van der Waals surface area contributed by atoms with Gasteiger partial charge in [0.2, 0.25) is 5.72 Å². The topological polar surface area (TPSA) is 29.5 Å². The van der Waals surface area contributed by atoms with Gasteiger partial charge in [0.1, 0.15) is 5.75 Å². The van der Waals surface area contributed by atoms with Crippen LogP contribution in [0.1, 0.15) is 17.3 Å². The quantitative estimate of drug-likeness (QED) is 0.776. The summed E-state index contributed by atoms with van der Waals surface area (Å²) in [5.74, 6) is 0.507. The van der Waals surface area contributed by atoms with Gasteiger partial charge in [0.05, 0.1) is 5.56 Å². The zero-order valence-electron chi connectivity index (χ0n) is 11.2. The van der Waals surface area contributed by atoms with E-state index in [-0.39, 0.29) is 5.91 Å². The lowest BCUT2D eigenvalue weighted by Crippen LogP contribution is -2.55. The van der Waals surface area contributed by atoms with Crippen molar-refractivity contribution >= 4 is 11.6 Å². The number of fused-ring (bicyclic) bond motifs is 1. The standard InChI is InChI=1S/C17H15NO2/c1-3-17(2)18(13-9-5-4-6-10-13)16(19)14-11-7-8-12-15(14)20-17/h3-12H,1H2,2H3. The number of benzene rings is 2. The van der Waals surface area contributed by atoms with E-state index >= 15 is 0 Å². The predicted octanol–water partition coefficient (Wildman–Crippen LogP) is 3.63. The van der Waals surface area contributed by atoms with Gasteiger partial charge in [-0.05, 0) is 37.3 Å². The van der Waals surface area contributed by atoms with Crippen molar-refractivity contribution in [2.45, 2.75) is 12.6 Å². The monoisotopic (exact) mass is 265 g/mol. The SMILES string of the molecule is C=CC1(C)Oc2ccccc2C(=O)N1c1ccccc1. The summed E-state index contributed by atoms with van der Waals surface area (Å²) in [4.78, 5) is 14.4. The first kappa shape index (κ1) is 12.5. The summed E-state index contributed by atoms with van der Waals surface area (Å²) in [6.45, 7) is 5.65. The predicted molar refractivity (Wildman–Crippen MR) is 78.9 cm³/mol. The molecule has 1 aliphatic rings. The molecule has 20 heavy (non-hydrogen) atoms. The maximum absolute atomic E-state index is 12.8. The Balaban J connectivity index is 2.17. The Morgan fingerprint density at radius 2 is 1.75 bits per heavy atom. The molecule has 1 heterocycles.